The van der Waals surface area contributed by atoms with E-state index in [-0.39, 0.29) is 0 Å². The van der Waals surface area contributed by atoms with E-state index >= 15 is 0 Å². The molecule has 0 atom stereocenters. The summed E-state index contributed by atoms with van der Waals surface area (Å²) < 4.78 is 1.95. The maximum atomic E-state index is 5.80. The Labute approximate surface area is 82.1 Å². The fraction of sp³-hybridized carbons (Fsp3) is 0.333. The van der Waals surface area contributed by atoms with Gasteiger partial charge in [0.2, 0.25) is 0 Å². The molecule has 2 heterocycles. The van der Waals surface area contributed by atoms with Gasteiger partial charge in [0.1, 0.15) is 12.0 Å². The minimum Gasteiger partial charge on any atom is -0.335 e. The second-order valence-corrected chi connectivity index (χ2v) is 3.15. The lowest BCUT2D eigenvalue weighted by molar-refractivity contribution is 0.867. The number of nitrogens with zero attached hydrogens (tertiary/aromatic N) is 4. The average Bonchev–Trinajstić information content (AvgIpc) is 2.59. The van der Waals surface area contributed by atoms with Crippen molar-refractivity contribution in [2.24, 2.45) is 12.9 Å². The van der Waals surface area contributed by atoms with Crippen LogP contribution in [-0.2, 0) is 7.05 Å². The van der Waals surface area contributed by atoms with Crippen molar-refractivity contribution in [2.45, 2.75) is 6.92 Å². The molecule has 2 N–H and O–H groups in total. The van der Waals surface area contributed by atoms with E-state index in [1.165, 1.54) is 6.33 Å². The minimum absolute atomic E-state index is 0.723. The highest BCUT2D eigenvalue weighted by Gasteiger charge is 2.09. The smallest absolute Gasteiger partial charge is 0.155 e. The van der Waals surface area contributed by atoms with Crippen LogP contribution in [0.5, 0.6) is 0 Å². The highest BCUT2D eigenvalue weighted by Crippen LogP contribution is 2.20. The molecule has 0 fully saturated rings. The molecule has 0 saturated heterocycles. The summed E-state index contributed by atoms with van der Waals surface area (Å²) in [5.41, 5.74) is 0.902. The van der Waals surface area contributed by atoms with Crippen LogP contribution in [0, 0.1) is 0 Å². The van der Waals surface area contributed by atoms with Gasteiger partial charge in [-0.3, -0.25) is 5.01 Å². The van der Waals surface area contributed by atoms with Gasteiger partial charge in [0.05, 0.1) is 5.39 Å². The van der Waals surface area contributed by atoms with E-state index < -0.39 is 0 Å². The standard InChI is InChI=1S/C9H13N5/c1-3-14(10)9-7-4-5-13(2)8(7)11-6-12-9/h4-6H,3,10H2,1-2H3. The SMILES string of the molecule is CCN(N)c1ncnc2c1ccn2C. The van der Waals surface area contributed by atoms with Gasteiger partial charge in [0.15, 0.2) is 5.82 Å². The van der Waals surface area contributed by atoms with Gasteiger partial charge in [0, 0.05) is 19.8 Å². The van der Waals surface area contributed by atoms with Crippen LogP contribution in [0.4, 0.5) is 5.82 Å². The number of fused-ring (bicyclic) bond motifs is 1. The highest BCUT2D eigenvalue weighted by atomic mass is 15.4. The Bertz CT molecular complexity index is 447. The molecule has 0 spiro atoms. The lowest BCUT2D eigenvalue weighted by Crippen LogP contribution is -2.31. The second kappa shape index (κ2) is 3.26. The summed E-state index contributed by atoms with van der Waals surface area (Å²) in [5, 5.41) is 2.60. The first-order valence-electron chi connectivity index (χ1n) is 4.52. The number of aryl methyl sites for hydroxylation is 1. The molecule has 0 aromatic carbocycles. The molecule has 0 amide bonds. The van der Waals surface area contributed by atoms with Gasteiger partial charge in [-0.15, -0.1) is 0 Å². The zero-order chi connectivity index (χ0) is 10.1. The first-order chi connectivity index (χ1) is 6.74. The minimum atomic E-state index is 0.723. The average molecular weight is 191 g/mol. The topological polar surface area (TPSA) is 60.0 Å². The number of hydrazine groups is 1. The van der Waals surface area contributed by atoms with Crippen LogP contribution in [0.3, 0.4) is 0 Å². The van der Waals surface area contributed by atoms with Gasteiger partial charge < -0.3 is 4.57 Å². The molecule has 0 bridgehead atoms. The van der Waals surface area contributed by atoms with Crippen molar-refractivity contribution in [2.75, 3.05) is 11.6 Å². The summed E-state index contributed by atoms with van der Waals surface area (Å²) in [5.74, 6) is 6.58. The number of aromatic nitrogens is 3. The Morgan fingerprint density at radius 2 is 2.29 bits per heavy atom. The van der Waals surface area contributed by atoms with E-state index in [1.54, 1.807) is 5.01 Å². The number of nitrogens with two attached hydrogens (primary N) is 1. The summed E-state index contributed by atoms with van der Waals surface area (Å²) >= 11 is 0. The van der Waals surface area contributed by atoms with Crippen LogP contribution in [-0.4, -0.2) is 21.1 Å². The molecule has 2 rings (SSSR count). The number of rotatable bonds is 2. The Kier molecular flexibility index (Phi) is 2.09. The third-order valence-electron chi connectivity index (χ3n) is 2.25. The highest BCUT2D eigenvalue weighted by molar-refractivity contribution is 5.87. The van der Waals surface area contributed by atoms with Crippen molar-refractivity contribution in [3.8, 4) is 0 Å². The molecule has 0 unspecified atom stereocenters. The summed E-state index contributed by atoms with van der Waals surface area (Å²) in [6.07, 6.45) is 3.49. The van der Waals surface area contributed by atoms with Gasteiger partial charge in [-0.2, -0.15) is 0 Å². The molecule has 0 radical (unpaired) electrons. The van der Waals surface area contributed by atoms with Crippen molar-refractivity contribution in [1.29, 1.82) is 0 Å². The Balaban J connectivity index is 2.65. The van der Waals surface area contributed by atoms with Gasteiger partial charge in [0.25, 0.3) is 0 Å². The van der Waals surface area contributed by atoms with Gasteiger partial charge >= 0.3 is 0 Å². The van der Waals surface area contributed by atoms with Crippen LogP contribution >= 0.6 is 0 Å². The van der Waals surface area contributed by atoms with Crippen molar-refractivity contribution in [1.82, 2.24) is 14.5 Å². The van der Waals surface area contributed by atoms with Crippen LogP contribution in [0.25, 0.3) is 11.0 Å². The number of hydrogen-bond acceptors (Lipinski definition) is 4. The lowest BCUT2D eigenvalue weighted by Gasteiger charge is -2.15. The molecule has 74 valence electrons. The van der Waals surface area contributed by atoms with Crippen LogP contribution in [0.1, 0.15) is 6.92 Å². The van der Waals surface area contributed by atoms with E-state index in [9.17, 15) is 0 Å². The maximum absolute atomic E-state index is 5.80. The Hall–Kier alpha value is -1.62. The summed E-state index contributed by atoms with van der Waals surface area (Å²) in [6.45, 7) is 2.71. The largest absolute Gasteiger partial charge is 0.335 e. The molecular weight excluding hydrogens is 178 g/mol. The molecule has 2 aromatic rings. The molecule has 0 aliphatic carbocycles. The number of anilines is 1. The van der Waals surface area contributed by atoms with E-state index in [0.29, 0.717) is 0 Å². The van der Waals surface area contributed by atoms with Crippen LogP contribution < -0.4 is 10.9 Å². The monoisotopic (exact) mass is 191 g/mol. The van der Waals surface area contributed by atoms with Gasteiger partial charge in [-0.25, -0.2) is 15.8 Å². The van der Waals surface area contributed by atoms with Crippen LogP contribution in [0.15, 0.2) is 18.6 Å². The fourth-order valence-electron chi connectivity index (χ4n) is 1.44. The summed E-state index contributed by atoms with van der Waals surface area (Å²) in [7, 11) is 1.95. The van der Waals surface area contributed by atoms with Crippen molar-refractivity contribution >= 4 is 16.9 Å². The molecule has 5 nitrogen and oxygen atoms in total. The molecule has 2 aromatic heterocycles. The lowest BCUT2D eigenvalue weighted by atomic mass is 10.3. The fourth-order valence-corrected chi connectivity index (χ4v) is 1.44. The van der Waals surface area contributed by atoms with E-state index in [1.807, 2.05) is 30.8 Å². The quantitative estimate of drug-likeness (QED) is 0.560. The molecule has 14 heavy (non-hydrogen) atoms. The molecule has 0 saturated carbocycles. The summed E-state index contributed by atoms with van der Waals surface area (Å²) in [6, 6.07) is 1.97. The normalized spacial score (nSPS) is 10.8. The molecule has 0 aliphatic heterocycles. The summed E-state index contributed by atoms with van der Waals surface area (Å²) in [4.78, 5) is 8.36. The first kappa shape index (κ1) is 8.96. The zero-order valence-electron chi connectivity index (χ0n) is 8.31. The van der Waals surface area contributed by atoms with Crippen molar-refractivity contribution < 1.29 is 0 Å². The zero-order valence-corrected chi connectivity index (χ0v) is 8.31. The molecule has 5 heteroatoms. The van der Waals surface area contributed by atoms with Crippen molar-refractivity contribution in [3.05, 3.63) is 18.6 Å². The first-order valence-corrected chi connectivity index (χ1v) is 4.52. The number of hydrogen-bond donors (Lipinski definition) is 1. The van der Waals surface area contributed by atoms with Gasteiger partial charge in [-0.05, 0) is 13.0 Å². The molecular formula is C9H13N5. The Morgan fingerprint density at radius 1 is 1.50 bits per heavy atom. The van der Waals surface area contributed by atoms with Gasteiger partial charge in [-0.1, -0.05) is 0 Å². The van der Waals surface area contributed by atoms with E-state index in [4.69, 9.17) is 5.84 Å². The van der Waals surface area contributed by atoms with E-state index in [2.05, 4.69) is 9.97 Å². The second-order valence-electron chi connectivity index (χ2n) is 3.15. The maximum Gasteiger partial charge on any atom is 0.155 e. The third kappa shape index (κ3) is 1.22. The van der Waals surface area contributed by atoms with Crippen molar-refractivity contribution in [3.63, 3.8) is 0 Å². The molecule has 0 aliphatic rings. The predicted octanol–water partition coefficient (Wildman–Crippen LogP) is 0.668. The third-order valence-corrected chi connectivity index (χ3v) is 2.25. The van der Waals surface area contributed by atoms with Crippen LogP contribution in [0.2, 0.25) is 0 Å². The predicted molar refractivity (Wildman–Crippen MR) is 55.7 cm³/mol. The van der Waals surface area contributed by atoms with E-state index in [0.717, 1.165) is 23.4 Å². The Morgan fingerprint density at radius 3 is 3.00 bits per heavy atom.